The van der Waals surface area contributed by atoms with E-state index in [1.54, 1.807) is 6.26 Å². The van der Waals surface area contributed by atoms with Gasteiger partial charge in [0.1, 0.15) is 0 Å². The van der Waals surface area contributed by atoms with Crippen molar-refractivity contribution in [2.75, 3.05) is 6.61 Å². The maximum absolute atomic E-state index is 6.33. The molecule has 1 aliphatic rings. The second-order valence-electron chi connectivity index (χ2n) is 4.56. The average Bonchev–Trinajstić information content (AvgIpc) is 2.47. The molecule has 0 saturated heterocycles. The van der Waals surface area contributed by atoms with Crippen molar-refractivity contribution in [3.63, 3.8) is 0 Å². The van der Waals surface area contributed by atoms with Gasteiger partial charge in [0.25, 0.3) is 0 Å². The lowest BCUT2D eigenvalue weighted by Gasteiger charge is -2.20. The number of rotatable bonds is 2. The van der Waals surface area contributed by atoms with Crippen LogP contribution in [-0.4, -0.2) is 11.6 Å². The zero-order valence-corrected chi connectivity index (χ0v) is 10.2. The average molecular weight is 240 g/mol. The normalized spacial score (nSPS) is 17.1. The number of ether oxygens (including phenoxy) is 1. The zero-order valence-electron chi connectivity index (χ0n) is 10.2. The number of hydrogen-bond acceptors (Lipinski definition) is 3. The van der Waals surface area contributed by atoms with Crippen molar-refractivity contribution in [3.05, 3.63) is 54.1 Å². The number of nitrogens with zero attached hydrogens (tertiary/aromatic N) is 1. The zero-order chi connectivity index (χ0) is 12.4. The van der Waals surface area contributed by atoms with Gasteiger partial charge in [0.15, 0.2) is 0 Å². The minimum Gasteiger partial charge on any atom is -0.501 e. The minimum atomic E-state index is -0.170. The van der Waals surface area contributed by atoms with Crippen molar-refractivity contribution < 1.29 is 4.74 Å². The molecule has 0 aliphatic carbocycles. The lowest BCUT2D eigenvalue weighted by atomic mass is 9.96. The molecule has 1 aromatic heterocycles. The summed E-state index contributed by atoms with van der Waals surface area (Å²) in [5.74, 6) is 0. The van der Waals surface area contributed by atoms with Crippen molar-refractivity contribution in [2.24, 2.45) is 5.73 Å². The first kappa shape index (κ1) is 11.2. The van der Waals surface area contributed by atoms with E-state index in [-0.39, 0.29) is 6.04 Å². The van der Waals surface area contributed by atoms with Crippen LogP contribution in [0.1, 0.15) is 24.6 Å². The Morgan fingerprint density at radius 3 is 2.94 bits per heavy atom. The van der Waals surface area contributed by atoms with Crippen molar-refractivity contribution >= 4 is 10.8 Å². The maximum Gasteiger partial charge on any atom is 0.0876 e. The van der Waals surface area contributed by atoms with E-state index in [2.05, 4.69) is 17.1 Å². The molecule has 2 heterocycles. The highest BCUT2D eigenvalue weighted by atomic mass is 16.5. The first-order chi connectivity index (χ1) is 8.86. The van der Waals surface area contributed by atoms with E-state index in [1.165, 1.54) is 5.39 Å². The third-order valence-corrected chi connectivity index (χ3v) is 3.36. The van der Waals surface area contributed by atoms with Gasteiger partial charge in [-0.25, -0.2) is 0 Å². The first-order valence-corrected chi connectivity index (χ1v) is 6.26. The van der Waals surface area contributed by atoms with Crippen LogP contribution in [-0.2, 0) is 4.74 Å². The molecular weight excluding hydrogens is 224 g/mol. The summed E-state index contributed by atoms with van der Waals surface area (Å²) in [6.45, 7) is 0.791. The quantitative estimate of drug-likeness (QED) is 0.878. The Morgan fingerprint density at radius 1 is 1.22 bits per heavy atom. The molecule has 0 bridgehead atoms. The Labute approximate surface area is 106 Å². The van der Waals surface area contributed by atoms with Crippen molar-refractivity contribution in [1.82, 2.24) is 4.98 Å². The molecule has 1 unspecified atom stereocenters. The molecule has 18 heavy (non-hydrogen) atoms. The van der Waals surface area contributed by atoms with Crippen LogP contribution in [0.5, 0.6) is 0 Å². The predicted molar refractivity (Wildman–Crippen MR) is 71.9 cm³/mol. The van der Waals surface area contributed by atoms with E-state index < -0.39 is 0 Å². The third kappa shape index (κ3) is 1.97. The minimum absolute atomic E-state index is 0.170. The number of fused-ring (bicyclic) bond motifs is 1. The van der Waals surface area contributed by atoms with Crippen molar-refractivity contribution in [2.45, 2.75) is 18.9 Å². The van der Waals surface area contributed by atoms with E-state index in [0.717, 1.165) is 36.1 Å². The van der Waals surface area contributed by atoms with Crippen LogP contribution in [0, 0.1) is 0 Å². The van der Waals surface area contributed by atoms with Crippen molar-refractivity contribution in [1.29, 1.82) is 0 Å². The largest absolute Gasteiger partial charge is 0.501 e. The summed E-state index contributed by atoms with van der Waals surface area (Å²) in [5, 5.41) is 2.30. The van der Waals surface area contributed by atoms with Gasteiger partial charge >= 0.3 is 0 Å². The van der Waals surface area contributed by atoms with E-state index in [4.69, 9.17) is 10.5 Å². The topological polar surface area (TPSA) is 48.1 Å². The molecule has 3 nitrogen and oxygen atoms in total. The fourth-order valence-electron chi connectivity index (χ4n) is 2.38. The van der Waals surface area contributed by atoms with Crippen LogP contribution < -0.4 is 5.73 Å². The highest BCUT2D eigenvalue weighted by Crippen LogP contribution is 2.28. The first-order valence-electron chi connectivity index (χ1n) is 6.26. The Balaban J connectivity index is 2.05. The highest BCUT2D eigenvalue weighted by molar-refractivity contribution is 5.84. The summed E-state index contributed by atoms with van der Waals surface area (Å²) >= 11 is 0. The molecule has 0 spiro atoms. The monoisotopic (exact) mass is 240 g/mol. The molecule has 1 atom stereocenters. The molecular formula is C15H16N2O. The van der Waals surface area contributed by atoms with Gasteiger partial charge in [0.2, 0.25) is 0 Å². The van der Waals surface area contributed by atoms with Gasteiger partial charge in [0, 0.05) is 11.6 Å². The number of benzene rings is 1. The molecule has 0 amide bonds. The molecule has 2 aromatic rings. The molecule has 1 aliphatic heterocycles. The van der Waals surface area contributed by atoms with Crippen molar-refractivity contribution in [3.8, 4) is 0 Å². The number of aromatic nitrogens is 1. The summed E-state index contributed by atoms with van der Waals surface area (Å²) in [5.41, 5.74) is 8.39. The summed E-state index contributed by atoms with van der Waals surface area (Å²) in [6.07, 6.45) is 5.65. The van der Waals surface area contributed by atoms with Crippen LogP contribution in [0.3, 0.4) is 0 Å². The van der Waals surface area contributed by atoms with E-state index in [9.17, 15) is 0 Å². The Bertz CT molecular complexity index is 587. The summed E-state index contributed by atoms with van der Waals surface area (Å²) in [6, 6.07) is 10.0. The van der Waals surface area contributed by atoms with Gasteiger partial charge < -0.3 is 10.5 Å². The van der Waals surface area contributed by atoms with Gasteiger partial charge in [-0.2, -0.15) is 0 Å². The Hall–Kier alpha value is -1.87. The fourth-order valence-corrected chi connectivity index (χ4v) is 2.38. The summed E-state index contributed by atoms with van der Waals surface area (Å²) in [7, 11) is 0. The van der Waals surface area contributed by atoms with E-state index in [1.807, 2.05) is 24.4 Å². The van der Waals surface area contributed by atoms with Gasteiger partial charge in [-0.05, 0) is 29.9 Å². The maximum atomic E-state index is 6.33. The number of nitrogens with two attached hydrogens (primary N) is 1. The van der Waals surface area contributed by atoms with Gasteiger partial charge in [-0.3, -0.25) is 4.98 Å². The molecule has 0 fully saturated rings. The standard InChI is InChI=1S/C15H16N2O/c16-14(12-5-3-9-18-10-12)15-13-6-2-1-4-11(13)7-8-17-15/h1-2,4,6-8,10,14H,3,5,9,16H2. The smallest absolute Gasteiger partial charge is 0.0876 e. The number of pyridine rings is 1. The SMILES string of the molecule is NC(C1=COCCC1)c1nccc2ccccc12. The second kappa shape index (κ2) is 4.78. The molecule has 3 rings (SSSR count). The van der Waals surface area contributed by atoms with Crippen LogP contribution in [0.15, 0.2) is 48.4 Å². The van der Waals surface area contributed by atoms with Crippen LogP contribution in [0.4, 0.5) is 0 Å². The fraction of sp³-hybridized carbons (Fsp3) is 0.267. The summed E-state index contributed by atoms with van der Waals surface area (Å²) in [4.78, 5) is 4.46. The third-order valence-electron chi connectivity index (χ3n) is 3.36. The van der Waals surface area contributed by atoms with Crippen LogP contribution in [0.2, 0.25) is 0 Å². The Kier molecular flexibility index (Phi) is 2.99. The van der Waals surface area contributed by atoms with E-state index >= 15 is 0 Å². The molecule has 0 radical (unpaired) electrons. The summed E-state index contributed by atoms with van der Waals surface area (Å²) < 4.78 is 5.37. The molecule has 2 N–H and O–H groups in total. The molecule has 0 saturated carbocycles. The van der Waals surface area contributed by atoms with Gasteiger partial charge in [-0.1, -0.05) is 24.3 Å². The lowest BCUT2D eigenvalue weighted by Crippen LogP contribution is -2.17. The van der Waals surface area contributed by atoms with Crippen LogP contribution >= 0.6 is 0 Å². The molecule has 92 valence electrons. The highest BCUT2D eigenvalue weighted by Gasteiger charge is 2.18. The molecule has 3 heteroatoms. The van der Waals surface area contributed by atoms with Gasteiger partial charge in [0.05, 0.1) is 24.6 Å². The Morgan fingerprint density at radius 2 is 2.11 bits per heavy atom. The second-order valence-corrected chi connectivity index (χ2v) is 4.56. The lowest BCUT2D eigenvalue weighted by molar-refractivity contribution is 0.221. The number of hydrogen-bond donors (Lipinski definition) is 1. The predicted octanol–water partition coefficient (Wildman–Crippen LogP) is 2.93. The van der Waals surface area contributed by atoms with E-state index in [0.29, 0.717) is 0 Å². The van der Waals surface area contributed by atoms with Gasteiger partial charge in [-0.15, -0.1) is 0 Å². The van der Waals surface area contributed by atoms with Crippen LogP contribution in [0.25, 0.3) is 10.8 Å². The molecule has 1 aromatic carbocycles.